The molecular weight excluding hydrogens is 1030 g/mol. The number of carbonyl (C=O) groups excluding carboxylic acids is 1. The summed E-state index contributed by atoms with van der Waals surface area (Å²) in [5, 5.41) is 150. The third-order valence-electron chi connectivity index (χ3n) is 21.5. The van der Waals surface area contributed by atoms with Crippen LogP contribution in [-0.4, -0.2) is 232 Å². The summed E-state index contributed by atoms with van der Waals surface area (Å²) >= 11 is 0. The fourth-order valence-electron chi connectivity index (χ4n) is 16.4. The average molecular weight is 1120 g/mol. The van der Waals surface area contributed by atoms with Gasteiger partial charge in [0.05, 0.1) is 37.4 Å². The minimum Gasteiger partial charge on any atom is -0.479 e. The Morgan fingerprint density at radius 2 is 1.22 bits per heavy atom. The second-order valence-corrected chi connectivity index (χ2v) is 26.2. The third kappa shape index (κ3) is 9.72. The maximum absolute atomic E-state index is 15.1. The van der Waals surface area contributed by atoms with Crippen LogP contribution in [0.1, 0.15) is 113 Å². The molecule has 8 fully saturated rings. The van der Waals surface area contributed by atoms with Crippen molar-refractivity contribution < 1.29 is 119 Å². The highest BCUT2D eigenvalue weighted by molar-refractivity contribution is 5.79. The lowest BCUT2D eigenvalue weighted by molar-refractivity contribution is -0.361. The van der Waals surface area contributed by atoms with Crippen molar-refractivity contribution >= 4 is 11.9 Å². The van der Waals surface area contributed by atoms with Crippen molar-refractivity contribution in [3.8, 4) is 0 Å². The Hall–Kier alpha value is -2.12. The highest BCUT2D eigenvalue weighted by atomic mass is 16.8. The Morgan fingerprint density at radius 1 is 0.615 bits per heavy atom. The van der Waals surface area contributed by atoms with Crippen LogP contribution >= 0.6 is 0 Å². The van der Waals surface area contributed by atoms with E-state index in [4.69, 9.17) is 37.9 Å². The molecule has 0 radical (unpaired) electrons. The molecule has 0 bridgehead atoms. The summed E-state index contributed by atoms with van der Waals surface area (Å²) in [4.78, 5) is 27.1. The van der Waals surface area contributed by atoms with Crippen LogP contribution < -0.4 is 0 Å². The quantitative estimate of drug-likeness (QED) is 0.0574. The van der Waals surface area contributed by atoms with Crippen LogP contribution in [0.2, 0.25) is 0 Å². The Balaban J connectivity index is 0.900. The topological polar surface area (TPSA) is 391 Å². The van der Waals surface area contributed by atoms with Gasteiger partial charge in [-0.3, -0.25) is 4.79 Å². The van der Waals surface area contributed by atoms with Crippen LogP contribution in [0.25, 0.3) is 0 Å². The van der Waals surface area contributed by atoms with Crippen LogP contribution in [0.5, 0.6) is 0 Å². The molecule has 0 amide bonds. The smallest absolute Gasteiger partial charge is 0.335 e. The molecule has 78 heavy (non-hydrogen) atoms. The van der Waals surface area contributed by atoms with E-state index in [1.807, 2.05) is 6.92 Å². The second-order valence-electron chi connectivity index (χ2n) is 26.2. The molecule has 0 aromatic heterocycles. The predicted octanol–water partition coefficient (Wildman–Crippen LogP) is -1.94. The fourth-order valence-corrected chi connectivity index (χ4v) is 16.4. The fraction of sp³-hybridized carbons (Fsp3) is 0.926. The third-order valence-corrected chi connectivity index (χ3v) is 21.5. The Morgan fingerprint density at radius 3 is 1.87 bits per heavy atom. The highest BCUT2D eigenvalue weighted by Gasteiger charge is 2.71. The number of fused-ring (bicyclic) bond motifs is 7. The first-order valence-corrected chi connectivity index (χ1v) is 27.8. The van der Waals surface area contributed by atoms with Crippen molar-refractivity contribution in [1.82, 2.24) is 0 Å². The van der Waals surface area contributed by atoms with Crippen molar-refractivity contribution in [2.24, 2.45) is 50.2 Å². The largest absolute Gasteiger partial charge is 0.479 e. The van der Waals surface area contributed by atoms with Crippen LogP contribution in [-0.2, 0) is 47.5 Å². The van der Waals surface area contributed by atoms with Gasteiger partial charge >= 0.3 is 11.9 Å². The number of rotatable bonds is 12. The molecule has 0 aromatic carbocycles. The van der Waals surface area contributed by atoms with Crippen molar-refractivity contribution in [2.45, 2.75) is 242 Å². The Labute approximate surface area is 453 Å². The number of aliphatic hydroxyl groups excluding tert-OH is 13. The van der Waals surface area contributed by atoms with E-state index in [2.05, 4.69) is 40.7 Å². The number of ether oxygens (including phenoxy) is 8. The molecular formula is C54H86O24. The molecule has 14 N–H and O–H groups in total. The summed E-state index contributed by atoms with van der Waals surface area (Å²) in [7, 11) is 0. The standard InChI is InChI=1S/C54H86O24/c1-22-30(57)32(59)37(64)45(72-22)76-41-25(19-55)73-44(40(67)36(41)63)71-20-26-31(58)33(60)38(65)46(74-26)78-48(70)54-16-14-49(2,3)18-24(54)23-8-9-28-50(4)12-11-29(75-47-39(66)34(61)35(62)42(77-47)43(68)69)51(5,21-56)27(50)10-13-53(28,7)52(23,6)15-17-54/h8,22,24-42,44-47,55-67H,9-21H2,1-7H3,(H,68,69)/t22-,24-,25+,26+,27+,28+,29-,30-,31+,32+,33-,34-,35-,36+,37+,38+,39+,40+,41+,42-,44-,45+,46+,47+,50-,51-,52+,53+,54-/m0/s1. The average Bonchev–Trinajstić information content (AvgIpc) is 2.46. The minimum absolute atomic E-state index is 0.0975. The van der Waals surface area contributed by atoms with E-state index >= 15 is 4.79 Å². The molecule has 0 unspecified atom stereocenters. The highest BCUT2D eigenvalue weighted by Crippen LogP contribution is 2.76. The lowest BCUT2D eigenvalue weighted by Crippen LogP contribution is -2.67. The van der Waals surface area contributed by atoms with Gasteiger partial charge in [0.2, 0.25) is 6.29 Å². The summed E-state index contributed by atoms with van der Waals surface area (Å²) < 4.78 is 46.7. The van der Waals surface area contributed by atoms with Gasteiger partial charge in [-0.05, 0) is 111 Å². The number of aliphatic hydroxyl groups is 13. The van der Waals surface area contributed by atoms with E-state index in [0.29, 0.717) is 57.8 Å². The Bertz CT molecular complexity index is 2200. The van der Waals surface area contributed by atoms with E-state index in [1.165, 1.54) is 12.5 Å². The summed E-state index contributed by atoms with van der Waals surface area (Å²) in [5.41, 5.74) is -2.01. The monoisotopic (exact) mass is 1120 g/mol. The molecule has 4 heterocycles. The number of allylic oxidation sites excluding steroid dienone is 2. The SMILES string of the molecule is C[C@@H]1O[C@H](O[C@H]2[C@H](O)[C@@H](O)[C@@H](OC[C@H]3O[C@H](OC(=O)[C@]45CCC(C)(C)C[C@H]4C4=CC[C@@H]6[C@@]7(C)CC[C@H](O[C@@H]8O[C@H](C(=O)O)[C@@H](O)[C@H](O)[C@H]8O)[C@@](C)(CO)[C@@H]7CC[C@@]6(C)[C@]4(C)CC5)[C@H](O)[C@@H](O)[C@@H]3O)O[C@@H]2CO)[C@H](O)[C@H](O)[C@H]1O. The van der Waals surface area contributed by atoms with Gasteiger partial charge in [-0.1, -0.05) is 53.2 Å². The van der Waals surface area contributed by atoms with Gasteiger partial charge in [0, 0.05) is 5.41 Å². The summed E-state index contributed by atoms with van der Waals surface area (Å²) in [5.74, 6) is -2.43. The first-order chi connectivity index (χ1) is 36.4. The zero-order chi connectivity index (χ0) is 57.1. The molecule has 4 saturated carbocycles. The molecule has 0 spiro atoms. The minimum atomic E-state index is -1.90. The molecule has 9 rings (SSSR count). The lowest BCUT2D eigenvalue weighted by atomic mass is 9.33. The number of esters is 1. The normalized spacial score (nSPS) is 54.1. The maximum atomic E-state index is 15.1. The maximum Gasteiger partial charge on any atom is 0.335 e. The lowest BCUT2D eigenvalue weighted by Gasteiger charge is -2.71. The Kier molecular flexibility index (Phi) is 16.9. The first kappa shape index (κ1) is 60.5. The molecule has 24 nitrogen and oxygen atoms in total. The predicted molar refractivity (Wildman–Crippen MR) is 263 cm³/mol. The summed E-state index contributed by atoms with van der Waals surface area (Å²) in [6.45, 7) is 12.9. The number of hydrogen-bond acceptors (Lipinski definition) is 23. The molecule has 9 aliphatic rings. The van der Waals surface area contributed by atoms with Gasteiger partial charge in [-0.2, -0.15) is 0 Å². The summed E-state index contributed by atoms with van der Waals surface area (Å²) in [6, 6.07) is 0. The van der Waals surface area contributed by atoms with Crippen LogP contribution in [0.4, 0.5) is 0 Å². The van der Waals surface area contributed by atoms with E-state index in [9.17, 15) is 76.3 Å². The van der Waals surface area contributed by atoms with E-state index in [0.717, 1.165) is 6.42 Å². The van der Waals surface area contributed by atoms with Crippen LogP contribution in [0, 0.1) is 50.2 Å². The van der Waals surface area contributed by atoms with E-state index in [1.54, 1.807) is 0 Å². The van der Waals surface area contributed by atoms with Crippen molar-refractivity contribution in [2.75, 3.05) is 19.8 Å². The van der Waals surface area contributed by atoms with Gasteiger partial charge in [0.25, 0.3) is 0 Å². The van der Waals surface area contributed by atoms with Gasteiger partial charge in [0.15, 0.2) is 25.0 Å². The molecule has 0 aromatic rings. The van der Waals surface area contributed by atoms with Gasteiger partial charge in [0.1, 0.15) is 85.5 Å². The second kappa shape index (κ2) is 21.8. The summed E-state index contributed by atoms with van der Waals surface area (Å²) in [6.07, 6.45) is -26.0. The van der Waals surface area contributed by atoms with Crippen molar-refractivity contribution in [3.63, 3.8) is 0 Å². The number of carboxylic acid groups (broad SMARTS) is 1. The zero-order valence-corrected chi connectivity index (χ0v) is 45.5. The van der Waals surface area contributed by atoms with Crippen LogP contribution in [0.15, 0.2) is 11.6 Å². The first-order valence-electron chi connectivity index (χ1n) is 27.8. The van der Waals surface area contributed by atoms with Crippen LogP contribution in [0.3, 0.4) is 0 Å². The van der Waals surface area contributed by atoms with Crippen molar-refractivity contribution in [3.05, 3.63) is 11.6 Å². The van der Waals surface area contributed by atoms with E-state index < -0.39 is 170 Å². The molecule has 4 aliphatic heterocycles. The van der Waals surface area contributed by atoms with Gasteiger partial charge < -0.3 is 109 Å². The molecule has 24 heteroatoms. The van der Waals surface area contributed by atoms with Gasteiger partial charge in [-0.15, -0.1) is 0 Å². The number of carbonyl (C=O) groups is 2. The van der Waals surface area contributed by atoms with Crippen molar-refractivity contribution in [1.29, 1.82) is 0 Å². The van der Waals surface area contributed by atoms with Gasteiger partial charge in [-0.25, -0.2) is 4.79 Å². The zero-order valence-electron chi connectivity index (χ0n) is 45.5. The number of carboxylic acids is 1. The molecule has 4 saturated heterocycles. The molecule has 446 valence electrons. The number of aliphatic carboxylic acids is 1. The molecule has 5 aliphatic carbocycles. The number of hydrogen-bond donors (Lipinski definition) is 14. The van der Waals surface area contributed by atoms with E-state index in [-0.39, 0.29) is 40.6 Å². The molecule has 29 atom stereocenters.